The number of benzene rings is 2. The molecule has 10 heteroatoms. The number of carbonyl (C=O) groups excluding carboxylic acids is 2. The van der Waals surface area contributed by atoms with Gasteiger partial charge in [-0.25, -0.2) is 8.42 Å². The summed E-state index contributed by atoms with van der Waals surface area (Å²) in [4.78, 5) is 23.4. The molecule has 2 aromatic carbocycles. The summed E-state index contributed by atoms with van der Waals surface area (Å²) in [7, 11) is -2.31. The molecular weight excluding hydrogens is 429 g/mol. The second kappa shape index (κ2) is 9.77. The van der Waals surface area contributed by atoms with Crippen LogP contribution >= 0.6 is 23.2 Å². The van der Waals surface area contributed by atoms with Crippen LogP contribution in [0.1, 0.15) is 6.42 Å². The van der Waals surface area contributed by atoms with Crippen LogP contribution in [0.2, 0.25) is 10.0 Å². The molecule has 0 unspecified atom stereocenters. The van der Waals surface area contributed by atoms with E-state index in [-0.39, 0.29) is 14.9 Å². The van der Waals surface area contributed by atoms with E-state index in [0.717, 1.165) is 0 Å². The van der Waals surface area contributed by atoms with Crippen LogP contribution in [0, 0.1) is 0 Å². The number of sulfone groups is 1. The normalized spacial score (nSPS) is 11.0. The summed E-state index contributed by atoms with van der Waals surface area (Å²) in [6, 6.07) is 10.6. The van der Waals surface area contributed by atoms with Crippen molar-refractivity contribution in [1.29, 1.82) is 0 Å². The fraction of sp³-hybridized carbons (Fsp3) is 0.222. The molecule has 7 nitrogen and oxygen atoms in total. The average Bonchev–Trinajstić information content (AvgIpc) is 2.67. The quantitative estimate of drug-likeness (QED) is 0.625. The number of hydrogen-bond acceptors (Lipinski definition) is 6. The third-order valence-corrected chi connectivity index (χ3v) is 5.97. The summed E-state index contributed by atoms with van der Waals surface area (Å²) in [6.45, 7) is -0.539. The average molecular weight is 446 g/mol. The number of nitrogens with one attached hydrogen (secondary N) is 1. The molecule has 0 saturated heterocycles. The van der Waals surface area contributed by atoms with Gasteiger partial charge >= 0.3 is 5.97 Å². The van der Waals surface area contributed by atoms with E-state index < -0.39 is 40.5 Å². The first-order valence-electron chi connectivity index (χ1n) is 7.98. The zero-order valence-corrected chi connectivity index (χ0v) is 17.1. The maximum Gasteiger partial charge on any atom is 0.307 e. The minimum atomic E-state index is -3.83. The van der Waals surface area contributed by atoms with Crippen LogP contribution in [0.3, 0.4) is 0 Å². The van der Waals surface area contributed by atoms with Crippen LogP contribution in [-0.4, -0.2) is 39.8 Å². The highest BCUT2D eigenvalue weighted by molar-refractivity contribution is 7.91. The van der Waals surface area contributed by atoms with E-state index in [0.29, 0.717) is 11.4 Å². The van der Waals surface area contributed by atoms with E-state index in [1.807, 2.05) is 0 Å². The zero-order valence-electron chi connectivity index (χ0n) is 14.8. The molecule has 0 saturated carbocycles. The first-order valence-corrected chi connectivity index (χ1v) is 10.4. The van der Waals surface area contributed by atoms with Crippen molar-refractivity contribution in [1.82, 2.24) is 0 Å². The van der Waals surface area contributed by atoms with Gasteiger partial charge in [0.1, 0.15) is 5.75 Å². The topological polar surface area (TPSA) is 98.8 Å². The van der Waals surface area contributed by atoms with Gasteiger partial charge < -0.3 is 14.8 Å². The van der Waals surface area contributed by atoms with Crippen molar-refractivity contribution < 1.29 is 27.5 Å². The molecule has 2 aromatic rings. The summed E-state index contributed by atoms with van der Waals surface area (Å²) in [5, 5.41) is 2.76. The Kier molecular flexibility index (Phi) is 7.68. The first-order chi connectivity index (χ1) is 13.2. The van der Waals surface area contributed by atoms with Gasteiger partial charge in [-0.05, 0) is 42.5 Å². The molecule has 0 aliphatic carbocycles. The molecule has 28 heavy (non-hydrogen) atoms. The standard InChI is InChI=1S/C18H17Cl2NO6S/c1-26-14-5-3-13(4-6-14)21-17(22)11-27-18(23)8-9-28(24,25)16-10-12(19)2-7-15(16)20/h2-7,10H,8-9,11H2,1H3,(H,21,22). The van der Waals surface area contributed by atoms with Gasteiger partial charge in [0.2, 0.25) is 0 Å². The van der Waals surface area contributed by atoms with Crippen LogP contribution in [0.15, 0.2) is 47.4 Å². The Bertz CT molecular complexity index is 961. The van der Waals surface area contributed by atoms with Gasteiger partial charge in [0.15, 0.2) is 16.4 Å². The molecule has 0 spiro atoms. The Morgan fingerprint density at radius 2 is 1.75 bits per heavy atom. The van der Waals surface area contributed by atoms with E-state index in [9.17, 15) is 18.0 Å². The van der Waals surface area contributed by atoms with Gasteiger partial charge in [-0.2, -0.15) is 0 Å². The van der Waals surface area contributed by atoms with Crippen LogP contribution in [0.4, 0.5) is 5.69 Å². The number of ether oxygens (including phenoxy) is 2. The largest absolute Gasteiger partial charge is 0.497 e. The Labute approximate surface area is 172 Å². The van der Waals surface area contributed by atoms with E-state index >= 15 is 0 Å². The van der Waals surface area contributed by atoms with Crippen molar-refractivity contribution >= 4 is 50.6 Å². The summed E-state index contributed by atoms with van der Waals surface area (Å²) < 4.78 is 34.4. The van der Waals surface area contributed by atoms with Gasteiger partial charge in [0, 0.05) is 10.7 Å². The summed E-state index contributed by atoms with van der Waals surface area (Å²) in [5.41, 5.74) is 0.500. The van der Waals surface area contributed by atoms with E-state index in [1.165, 1.54) is 25.3 Å². The number of amides is 1. The molecule has 0 aliphatic rings. The number of carbonyl (C=O) groups is 2. The van der Waals surface area contributed by atoms with Gasteiger partial charge in [0.25, 0.3) is 5.91 Å². The smallest absolute Gasteiger partial charge is 0.307 e. The van der Waals surface area contributed by atoms with Crippen molar-refractivity contribution in [2.24, 2.45) is 0 Å². The maximum atomic E-state index is 12.3. The Hall–Kier alpha value is -2.29. The molecule has 0 atom stereocenters. The lowest BCUT2D eigenvalue weighted by Gasteiger charge is -2.08. The fourth-order valence-electron chi connectivity index (χ4n) is 2.13. The van der Waals surface area contributed by atoms with Gasteiger partial charge in [-0.15, -0.1) is 0 Å². The molecule has 0 heterocycles. The number of hydrogen-bond donors (Lipinski definition) is 1. The number of halogens is 2. The second-order valence-electron chi connectivity index (χ2n) is 5.58. The highest BCUT2D eigenvalue weighted by Crippen LogP contribution is 2.26. The summed E-state index contributed by atoms with van der Waals surface area (Å²) in [6.07, 6.45) is -0.430. The first kappa shape index (κ1) is 22.0. The van der Waals surface area contributed by atoms with Crippen LogP contribution in [0.5, 0.6) is 5.75 Å². The van der Waals surface area contributed by atoms with Gasteiger partial charge in [0.05, 0.1) is 29.2 Å². The summed E-state index contributed by atoms with van der Waals surface area (Å²) in [5.74, 6) is -1.28. The maximum absolute atomic E-state index is 12.3. The molecule has 0 bridgehead atoms. The number of rotatable bonds is 8. The van der Waals surface area contributed by atoms with E-state index in [1.54, 1.807) is 24.3 Å². The van der Waals surface area contributed by atoms with Crippen molar-refractivity contribution in [2.45, 2.75) is 11.3 Å². The Balaban J connectivity index is 1.83. The van der Waals surface area contributed by atoms with Gasteiger partial charge in [-0.1, -0.05) is 23.2 Å². The number of anilines is 1. The minimum Gasteiger partial charge on any atom is -0.497 e. The van der Waals surface area contributed by atoms with Crippen LogP contribution in [0.25, 0.3) is 0 Å². The number of esters is 1. The predicted molar refractivity (Wildman–Crippen MR) is 106 cm³/mol. The molecule has 1 amide bonds. The fourth-order valence-corrected chi connectivity index (χ4v) is 4.17. The lowest BCUT2D eigenvalue weighted by atomic mass is 10.3. The summed E-state index contributed by atoms with van der Waals surface area (Å²) >= 11 is 11.7. The van der Waals surface area contributed by atoms with Crippen molar-refractivity contribution in [3.8, 4) is 5.75 Å². The Morgan fingerprint density at radius 1 is 1.07 bits per heavy atom. The molecule has 150 valence electrons. The molecule has 0 fully saturated rings. The SMILES string of the molecule is COc1ccc(NC(=O)COC(=O)CCS(=O)(=O)c2cc(Cl)ccc2Cl)cc1. The molecule has 1 N–H and O–H groups in total. The highest BCUT2D eigenvalue weighted by Gasteiger charge is 2.21. The lowest BCUT2D eigenvalue weighted by Crippen LogP contribution is -2.22. The Morgan fingerprint density at radius 3 is 2.39 bits per heavy atom. The zero-order chi connectivity index (χ0) is 20.7. The van der Waals surface area contributed by atoms with Crippen molar-refractivity contribution in [2.75, 3.05) is 24.8 Å². The van der Waals surface area contributed by atoms with Crippen LogP contribution in [-0.2, 0) is 24.2 Å². The second-order valence-corrected chi connectivity index (χ2v) is 8.50. The monoisotopic (exact) mass is 445 g/mol. The lowest BCUT2D eigenvalue weighted by molar-refractivity contribution is -0.146. The van der Waals surface area contributed by atoms with Crippen molar-refractivity contribution in [3.63, 3.8) is 0 Å². The van der Waals surface area contributed by atoms with E-state index in [2.05, 4.69) is 5.32 Å². The molecule has 0 aromatic heterocycles. The molecule has 0 radical (unpaired) electrons. The third-order valence-electron chi connectivity index (χ3n) is 3.54. The number of methoxy groups -OCH3 is 1. The van der Waals surface area contributed by atoms with Crippen LogP contribution < -0.4 is 10.1 Å². The minimum absolute atomic E-state index is 0.0108. The molecule has 0 aliphatic heterocycles. The molecule has 2 rings (SSSR count). The third kappa shape index (κ3) is 6.40. The highest BCUT2D eigenvalue weighted by atomic mass is 35.5. The van der Waals surface area contributed by atoms with Gasteiger partial charge in [-0.3, -0.25) is 9.59 Å². The van der Waals surface area contributed by atoms with E-state index in [4.69, 9.17) is 32.7 Å². The predicted octanol–water partition coefficient (Wildman–Crippen LogP) is 3.35. The molecular formula is C18H17Cl2NO6S. The van der Waals surface area contributed by atoms with Crippen molar-refractivity contribution in [3.05, 3.63) is 52.5 Å².